The van der Waals surface area contributed by atoms with Gasteiger partial charge in [-0.05, 0) is 19.4 Å². The van der Waals surface area contributed by atoms with E-state index in [1.165, 1.54) is 5.57 Å². The largest absolute Gasteiger partial charge is 0.486 e. The van der Waals surface area contributed by atoms with Gasteiger partial charge in [0.2, 0.25) is 0 Å². The summed E-state index contributed by atoms with van der Waals surface area (Å²) in [6.45, 7) is 2.23. The van der Waals surface area contributed by atoms with Crippen molar-refractivity contribution < 1.29 is 9.53 Å². The van der Waals surface area contributed by atoms with Gasteiger partial charge in [0, 0.05) is 6.42 Å². The molecule has 3 nitrogen and oxygen atoms in total. The molecule has 2 aliphatic rings. The number of allylic oxidation sites excluding steroid dienone is 3. The van der Waals surface area contributed by atoms with Gasteiger partial charge >= 0.3 is 0 Å². The lowest BCUT2D eigenvalue weighted by molar-refractivity contribution is -0.125. The molecule has 1 aliphatic carbocycles. The molecule has 0 aromatic rings. The quantitative estimate of drug-likeness (QED) is 0.583. The van der Waals surface area contributed by atoms with Crippen LogP contribution in [0.3, 0.4) is 0 Å². The van der Waals surface area contributed by atoms with Crippen LogP contribution in [0.5, 0.6) is 0 Å². The fraction of sp³-hybridized carbons (Fsp3) is 0.444. The number of amides is 1. The molecule has 12 heavy (non-hydrogen) atoms. The Balaban J connectivity index is 2.28. The maximum atomic E-state index is 10.9. The summed E-state index contributed by atoms with van der Waals surface area (Å²) in [6.07, 6.45) is 3.93. The third kappa shape index (κ3) is 1.22. The van der Waals surface area contributed by atoms with Crippen molar-refractivity contribution >= 4 is 5.91 Å². The summed E-state index contributed by atoms with van der Waals surface area (Å²) in [6, 6.07) is 0. The van der Waals surface area contributed by atoms with Crippen LogP contribution in [0.2, 0.25) is 0 Å². The number of carbonyl (C=O) groups is 1. The highest BCUT2D eigenvalue weighted by atomic mass is 16.5. The standard InChI is InChI=1S/C9H11NO2/c1-6-2-3-8-7(4-6)10-9(11)5-12-8/h4H,2-3,5H2,1H3,(H,10,11). The molecule has 0 unspecified atom stereocenters. The van der Waals surface area contributed by atoms with Crippen LogP contribution in [0.4, 0.5) is 0 Å². The van der Waals surface area contributed by atoms with E-state index in [1.807, 2.05) is 6.08 Å². The molecule has 0 fully saturated rings. The minimum Gasteiger partial charge on any atom is -0.486 e. The first-order valence-electron chi connectivity index (χ1n) is 4.08. The average Bonchev–Trinajstić information content (AvgIpc) is 2.03. The number of rotatable bonds is 0. The molecule has 0 radical (unpaired) electrons. The average molecular weight is 165 g/mol. The van der Waals surface area contributed by atoms with E-state index in [1.54, 1.807) is 0 Å². The second-order valence-corrected chi connectivity index (χ2v) is 3.16. The van der Waals surface area contributed by atoms with Crippen LogP contribution in [-0.2, 0) is 9.53 Å². The normalized spacial score (nSPS) is 22.4. The predicted octanol–water partition coefficient (Wildman–Crippen LogP) is 1.08. The Labute approximate surface area is 71.1 Å². The summed E-state index contributed by atoms with van der Waals surface area (Å²) in [5.74, 6) is 0.875. The van der Waals surface area contributed by atoms with Crippen molar-refractivity contribution in [3.05, 3.63) is 23.1 Å². The first kappa shape index (κ1) is 7.40. The van der Waals surface area contributed by atoms with Gasteiger partial charge in [-0.2, -0.15) is 0 Å². The SMILES string of the molecule is CC1=CC2=C(CC1)OCC(=O)N2. The molecule has 0 aromatic heterocycles. The Morgan fingerprint density at radius 3 is 3.17 bits per heavy atom. The van der Waals surface area contributed by atoms with E-state index in [4.69, 9.17) is 4.74 Å². The van der Waals surface area contributed by atoms with Crippen LogP contribution >= 0.6 is 0 Å². The van der Waals surface area contributed by atoms with E-state index >= 15 is 0 Å². The molecular formula is C9H11NO2. The van der Waals surface area contributed by atoms with E-state index in [0.717, 1.165) is 24.3 Å². The maximum absolute atomic E-state index is 10.9. The van der Waals surface area contributed by atoms with Gasteiger partial charge in [-0.1, -0.05) is 5.57 Å². The van der Waals surface area contributed by atoms with Crippen LogP contribution < -0.4 is 5.32 Å². The fourth-order valence-electron chi connectivity index (χ4n) is 1.44. The molecule has 64 valence electrons. The Bertz CT molecular complexity index is 289. The zero-order valence-corrected chi connectivity index (χ0v) is 7.02. The molecule has 0 saturated heterocycles. The van der Waals surface area contributed by atoms with Gasteiger partial charge < -0.3 is 10.1 Å². The Kier molecular flexibility index (Phi) is 1.64. The minimum atomic E-state index is -0.0558. The molecule has 1 heterocycles. The zero-order valence-electron chi connectivity index (χ0n) is 7.02. The van der Waals surface area contributed by atoms with Gasteiger partial charge in [-0.3, -0.25) is 4.79 Å². The van der Waals surface area contributed by atoms with Crippen molar-refractivity contribution in [2.75, 3.05) is 6.61 Å². The summed E-state index contributed by atoms with van der Waals surface area (Å²) in [5, 5.41) is 2.79. The topological polar surface area (TPSA) is 38.3 Å². The van der Waals surface area contributed by atoms with Crippen molar-refractivity contribution in [3.8, 4) is 0 Å². The second-order valence-electron chi connectivity index (χ2n) is 3.16. The molecule has 1 amide bonds. The van der Waals surface area contributed by atoms with E-state index in [-0.39, 0.29) is 12.5 Å². The molecule has 0 spiro atoms. The van der Waals surface area contributed by atoms with Gasteiger partial charge in [-0.15, -0.1) is 0 Å². The lowest BCUT2D eigenvalue weighted by atomic mass is 10.0. The van der Waals surface area contributed by atoms with Crippen molar-refractivity contribution in [2.45, 2.75) is 19.8 Å². The third-order valence-electron chi connectivity index (χ3n) is 2.09. The molecule has 0 aromatic carbocycles. The van der Waals surface area contributed by atoms with E-state index in [9.17, 15) is 4.79 Å². The number of nitrogens with one attached hydrogen (secondary N) is 1. The first-order valence-corrected chi connectivity index (χ1v) is 4.08. The summed E-state index contributed by atoms with van der Waals surface area (Å²) in [5.41, 5.74) is 2.15. The number of hydrogen-bond acceptors (Lipinski definition) is 2. The van der Waals surface area contributed by atoms with Crippen molar-refractivity contribution in [3.63, 3.8) is 0 Å². The van der Waals surface area contributed by atoms with Gasteiger partial charge in [0.05, 0.1) is 5.70 Å². The first-order chi connectivity index (χ1) is 5.75. The van der Waals surface area contributed by atoms with Crippen molar-refractivity contribution in [1.82, 2.24) is 5.32 Å². The molecule has 0 bridgehead atoms. The molecule has 3 heteroatoms. The minimum absolute atomic E-state index is 0.0558. The van der Waals surface area contributed by atoms with Crippen molar-refractivity contribution in [1.29, 1.82) is 0 Å². The molecule has 0 saturated carbocycles. The van der Waals surface area contributed by atoms with E-state index in [2.05, 4.69) is 12.2 Å². The summed E-state index contributed by atoms with van der Waals surface area (Å²) in [7, 11) is 0. The van der Waals surface area contributed by atoms with E-state index < -0.39 is 0 Å². The number of ether oxygens (including phenoxy) is 1. The van der Waals surface area contributed by atoms with Crippen LogP contribution in [0.1, 0.15) is 19.8 Å². The monoisotopic (exact) mass is 165 g/mol. The molecule has 2 rings (SSSR count). The van der Waals surface area contributed by atoms with Crippen LogP contribution in [0, 0.1) is 0 Å². The summed E-state index contributed by atoms with van der Waals surface area (Å²) >= 11 is 0. The van der Waals surface area contributed by atoms with Crippen molar-refractivity contribution in [2.24, 2.45) is 0 Å². The zero-order chi connectivity index (χ0) is 8.55. The number of hydrogen-bond donors (Lipinski definition) is 1. The molecular weight excluding hydrogens is 154 g/mol. The highest BCUT2D eigenvalue weighted by Gasteiger charge is 2.20. The fourth-order valence-corrected chi connectivity index (χ4v) is 1.44. The van der Waals surface area contributed by atoms with Crippen LogP contribution in [0.15, 0.2) is 23.1 Å². The van der Waals surface area contributed by atoms with Gasteiger partial charge in [0.15, 0.2) is 6.61 Å². The Morgan fingerprint density at radius 1 is 1.50 bits per heavy atom. The lowest BCUT2D eigenvalue weighted by Crippen LogP contribution is -2.33. The van der Waals surface area contributed by atoms with Gasteiger partial charge in [0.1, 0.15) is 5.76 Å². The second kappa shape index (κ2) is 2.66. The molecule has 1 aliphatic heterocycles. The van der Waals surface area contributed by atoms with Gasteiger partial charge in [-0.25, -0.2) is 0 Å². The number of carbonyl (C=O) groups excluding carboxylic acids is 1. The van der Waals surface area contributed by atoms with E-state index in [0.29, 0.717) is 0 Å². The molecule has 0 atom stereocenters. The van der Waals surface area contributed by atoms with Gasteiger partial charge in [0.25, 0.3) is 5.91 Å². The maximum Gasteiger partial charge on any atom is 0.262 e. The smallest absolute Gasteiger partial charge is 0.262 e. The highest BCUT2D eigenvalue weighted by molar-refractivity contribution is 5.81. The third-order valence-corrected chi connectivity index (χ3v) is 2.09. The highest BCUT2D eigenvalue weighted by Crippen LogP contribution is 2.24. The lowest BCUT2D eigenvalue weighted by Gasteiger charge is -2.23. The van der Waals surface area contributed by atoms with Crippen LogP contribution in [-0.4, -0.2) is 12.5 Å². The summed E-state index contributed by atoms with van der Waals surface area (Å²) < 4.78 is 5.27. The predicted molar refractivity (Wildman–Crippen MR) is 44.1 cm³/mol. The van der Waals surface area contributed by atoms with Crippen LogP contribution in [0.25, 0.3) is 0 Å². The molecule has 1 N–H and O–H groups in total. The Morgan fingerprint density at radius 2 is 2.33 bits per heavy atom. The summed E-state index contributed by atoms with van der Waals surface area (Å²) in [4.78, 5) is 10.9. The Hall–Kier alpha value is -1.25.